The van der Waals surface area contributed by atoms with E-state index in [1.165, 1.54) is 34.9 Å². The highest BCUT2D eigenvalue weighted by Gasteiger charge is 2.06. The molecule has 0 aliphatic rings. The summed E-state index contributed by atoms with van der Waals surface area (Å²) in [6.07, 6.45) is 4.81. The van der Waals surface area contributed by atoms with Crippen LogP contribution in [-0.2, 0) is 6.42 Å². The number of aryl methyl sites for hydroxylation is 2. The fourth-order valence-corrected chi connectivity index (χ4v) is 2.27. The molecule has 1 rings (SSSR count). The summed E-state index contributed by atoms with van der Waals surface area (Å²) in [5, 5.41) is 3.17. The van der Waals surface area contributed by atoms with Gasteiger partial charge in [0.15, 0.2) is 0 Å². The summed E-state index contributed by atoms with van der Waals surface area (Å²) in [6.45, 7) is 3.19. The first-order chi connectivity index (χ1) is 8.19. The monoisotopic (exact) mass is 299 g/mol. The van der Waals surface area contributed by atoms with Crippen molar-refractivity contribution in [3.63, 3.8) is 0 Å². The van der Waals surface area contributed by atoms with E-state index in [1.54, 1.807) is 7.11 Å². The highest BCUT2D eigenvalue weighted by Crippen LogP contribution is 2.28. The van der Waals surface area contributed by atoms with Crippen LogP contribution in [0, 0.1) is 6.92 Å². The Bertz CT molecular complexity index is 352. The van der Waals surface area contributed by atoms with Crippen molar-refractivity contribution < 1.29 is 4.74 Å². The highest BCUT2D eigenvalue weighted by molar-refractivity contribution is 9.10. The number of hydrogen-bond donors (Lipinski definition) is 1. The molecule has 1 aromatic rings. The first-order valence-electron chi connectivity index (χ1n) is 6.16. The summed E-state index contributed by atoms with van der Waals surface area (Å²) in [7, 11) is 3.74. The standard InChI is InChI=1S/C14H22BrNO/c1-11-9-14(17-3)12(10-13(11)15)7-5-4-6-8-16-2/h9-10,16H,4-8H2,1-3H3. The number of unbranched alkanes of at least 4 members (excludes halogenated alkanes) is 2. The van der Waals surface area contributed by atoms with E-state index in [0.29, 0.717) is 0 Å². The number of methoxy groups -OCH3 is 1. The molecule has 0 spiro atoms. The lowest BCUT2D eigenvalue weighted by atomic mass is 10.0. The summed E-state index contributed by atoms with van der Waals surface area (Å²) in [4.78, 5) is 0. The van der Waals surface area contributed by atoms with E-state index in [9.17, 15) is 0 Å². The Balaban J connectivity index is 2.54. The van der Waals surface area contributed by atoms with Crippen LogP contribution >= 0.6 is 15.9 Å². The van der Waals surface area contributed by atoms with Gasteiger partial charge in [0.05, 0.1) is 7.11 Å². The molecule has 0 saturated carbocycles. The van der Waals surface area contributed by atoms with Crippen LogP contribution in [0.25, 0.3) is 0 Å². The number of rotatable bonds is 7. The van der Waals surface area contributed by atoms with Crippen molar-refractivity contribution in [2.24, 2.45) is 0 Å². The molecule has 0 unspecified atom stereocenters. The zero-order valence-corrected chi connectivity index (χ0v) is 12.6. The minimum absolute atomic E-state index is 1.01. The summed E-state index contributed by atoms with van der Waals surface area (Å²) >= 11 is 3.58. The predicted molar refractivity (Wildman–Crippen MR) is 76.9 cm³/mol. The maximum atomic E-state index is 5.43. The topological polar surface area (TPSA) is 21.3 Å². The molecule has 96 valence electrons. The largest absolute Gasteiger partial charge is 0.496 e. The van der Waals surface area contributed by atoms with Crippen LogP contribution in [0.3, 0.4) is 0 Å². The molecule has 0 bridgehead atoms. The Kier molecular flexibility index (Phi) is 6.60. The van der Waals surface area contributed by atoms with Crippen LogP contribution in [0.4, 0.5) is 0 Å². The lowest BCUT2D eigenvalue weighted by Gasteiger charge is -2.11. The van der Waals surface area contributed by atoms with E-state index in [0.717, 1.165) is 18.7 Å². The zero-order valence-electron chi connectivity index (χ0n) is 11.0. The minimum Gasteiger partial charge on any atom is -0.496 e. The van der Waals surface area contributed by atoms with Crippen LogP contribution in [0.1, 0.15) is 30.4 Å². The number of halogens is 1. The SMILES string of the molecule is CNCCCCCc1cc(Br)c(C)cc1OC. The molecule has 0 heterocycles. The van der Waals surface area contributed by atoms with Gasteiger partial charge in [-0.2, -0.15) is 0 Å². The van der Waals surface area contributed by atoms with Gasteiger partial charge in [-0.25, -0.2) is 0 Å². The second-order valence-corrected chi connectivity index (χ2v) is 5.18. The van der Waals surface area contributed by atoms with Crippen molar-refractivity contribution >= 4 is 15.9 Å². The summed E-state index contributed by atoms with van der Waals surface area (Å²) < 4.78 is 6.60. The van der Waals surface area contributed by atoms with Crippen molar-refractivity contribution in [2.75, 3.05) is 20.7 Å². The first-order valence-corrected chi connectivity index (χ1v) is 6.96. The van der Waals surface area contributed by atoms with Gasteiger partial charge in [-0.3, -0.25) is 0 Å². The maximum absolute atomic E-state index is 5.43. The van der Waals surface area contributed by atoms with Gasteiger partial charge in [-0.05, 0) is 63.0 Å². The van der Waals surface area contributed by atoms with E-state index >= 15 is 0 Å². The molecule has 0 radical (unpaired) electrons. The van der Waals surface area contributed by atoms with Gasteiger partial charge in [-0.1, -0.05) is 22.4 Å². The van der Waals surface area contributed by atoms with E-state index in [1.807, 2.05) is 7.05 Å². The molecule has 17 heavy (non-hydrogen) atoms. The van der Waals surface area contributed by atoms with Gasteiger partial charge in [0.1, 0.15) is 5.75 Å². The van der Waals surface area contributed by atoms with Crippen LogP contribution in [0.2, 0.25) is 0 Å². The lowest BCUT2D eigenvalue weighted by Crippen LogP contribution is -2.07. The third-order valence-corrected chi connectivity index (χ3v) is 3.79. The Morgan fingerprint density at radius 1 is 1.24 bits per heavy atom. The summed E-state index contributed by atoms with van der Waals surface area (Å²) in [6, 6.07) is 4.29. The van der Waals surface area contributed by atoms with Crippen LogP contribution in [0.15, 0.2) is 16.6 Å². The van der Waals surface area contributed by atoms with Crippen LogP contribution < -0.4 is 10.1 Å². The average molecular weight is 300 g/mol. The van der Waals surface area contributed by atoms with Gasteiger partial charge >= 0.3 is 0 Å². The lowest BCUT2D eigenvalue weighted by molar-refractivity contribution is 0.408. The summed E-state index contributed by atoms with van der Waals surface area (Å²) in [5.74, 6) is 1.01. The molecule has 0 amide bonds. The Labute approximate surface area is 113 Å². The number of nitrogens with one attached hydrogen (secondary N) is 1. The quantitative estimate of drug-likeness (QED) is 0.775. The minimum atomic E-state index is 1.01. The molecule has 0 saturated heterocycles. The van der Waals surface area contributed by atoms with Crippen LogP contribution in [-0.4, -0.2) is 20.7 Å². The molecule has 0 aliphatic carbocycles. The molecular formula is C14H22BrNO. The van der Waals surface area contributed by atoms with Gasteiger partial charge < -0.3 is 10.1 Å². The second kappa shape index (κ2) is 7.72. The Morgan fingerprint density at radius 3 is 2.65 bits per heavy atom. The summed E-state index contributed by atoms with van der Waals surface area (Å²) in [5.41, 5.74) is 2.52. The fraction of sp³-hybridized carbons (Fsp3) is 0.571. The van der Waals surface area contributed by atoms with E-state index in [2.05, 4.69) is 40.3 Å². The number of benzene rings is 1. The predicted octanol–water partition coefficient (Wildman–Crippen LogP) is 3.70. The highest BCUT2D eigenvalue weighted by atomic mass is 79.9. The van der Waals surface area contributed by atoms with Crippen LogP contribution in [0.5, 0.6) is 5.75 Å². The first kappa shape index (κ1) is 14.5. The molecule has 3 heteroatoms. The third kappa shape index (κ3) is 4.68. The molecule has 0 aromatic heterocycles. The van der Waals surface area contributed by atoms with Gasteiger partial charge in [-0.15, -0.1) is 0 Å². The molecule has 0 fully saturated rings. The number of ether oxygens (including phenoxy) is 1. The van der Waals surface area contributed by atoms with Crippen molar-refractivity contribution in [1.82, 2.24) is 5.32 Å². The van der Waals surface area contributed by atoms with E-state index in [4.69, 9.17) is 4.74 Å². The van der Waals surface area contributed by atoms with Crippen molar-refractivity contribution in [2.45, 2.75) is 32.6 Å². The third-order valence-electron chi connectivity index (χ3n) is 2.93. The Morgan fingerprint density at radius 2 is 2.00 bits per heavy atom. The molecular weight excluding hydrogens is 278 g/mol. The average Bonchev–Trinajstić information content (AvgIpc) is 2.33. The zero-order chi connectivity index (χ0) is 12.7. The van der Waals surface area contributed by atoms with Crippen molar-refractivity contribution in [3.05, 3.63) is 27.7 Å². The van der Waals surface area contributed by atoms with Gasteiger partial charge in [0.25, 0.3) is 0 Å². The second-order valence-electron chi connectivity index (χ2n) is 4.33. The molecule has 1 N–H and O–H groups in total. The van der Waals surface area contributed by atoms with E-state index in [-0.39, 0.29) is 0 Å². The Hall–Kier alpha value is -0.540. The maximum Gasteiger partial charge on any atom is 0.122 e. The number of hydrogen-bond acceptors (Lipinski definition) is 2. The van der Waals surface area contributed by atoms with Gasteiger partial charge in [0, 0.05) is 4.47 Å². The van der Waals surface area contributed by atoms with Crippen molar-refractivity contribution in [3.8, 4) is 5.75 Å². The molecule has 2 nitrogen and oxygen atoms in total. The van der Waals surface area contributed by atoms with E-state index < -0.39 is 0 Å². The molecule has 0 aliphatic heterocycles. The smallest absolute Gasteiger partial charge is 0.122 e. The molecule has 0 atom stereocenters. The molecule has 1 aromatic carbocycles. The van der Waals surface area contributed by atoms with Crippen molar-refractivity contribution in [1.29, 1.82) is 0 Å². The van der Waals surface area contributed by atoms with Gasteiger partial charge in [0.2, 0.25) is 0 Å². The fourth-order valence-electron chi connectivity index (χ4n) is 1.88. The normalized spacial score (nSPS) is 10.6.